The first-order valence-electron chi connectivity index (χ1n) is 10.00. The van der Waals surface area contributed by atoms with E-state index in [1.807, 2.05) is 43.1 Å². The highest BCUT2D eigenvalue weighted by Crippen LogP contribution is 2.38. The molecule has 1 fully saturated rings. The van der Waals surface area contributed by atoms with Gasteiger partial charge in [0.05, 0.1) is 19.2 Å². The quantitative estimate of drug-likeness (QED) is 0.689. The van der Waals surface area contributed by atoms with Crippen LogP contribution >= 0.6 is 0 Å². The van der Waals surface area contributed by atoms with E-state index < -0.39 is 12.2 Å². The fraction of sp³-hybridized carbons (Fsp3) is 0.476. The number of likely N-dealkylation sites (N-methyl/N-ethyl adjacent to an activating group) is 1. The zero-order valence-electron chi connectivity index (χ0n) is 17.3. The fourth-order valence-corrected chi connectivity index (χ4v) is 4.24. The SMILES string of the molecule is CCOCCN1C(=O)C2C(N=C3N2C=C(C)N3C(C)c2ccccc2)N(C)C1=O. The number of fused-ring (bicyclic) bond motifs is 3. The number of amides is 3. The molecule has 0 saturated carbocycles. The largest absolute Gasteiger partial charge is 0.380 e. The van der Waals surface area contributed by atoms with E-state index in [-0.39, 0.29) is 24.5 Å². The second-order valence-corrected chi connectivity index (χ2v) is 7.50. The van der Waals surface area contributed by atoms with Crippen LogP contribution in [0.2, 0.25) is 0 Å². The number of ether oxygens (including phenoxy) is 1. The van der Waals surface area contributed by atoms with E-state index in [9.17, 15) is 9.59 Å². The second-order valence-electron chi connectivity index (χ2n) is 7.50. The molecule has 3 heterocycles. The normalized spacial score (nSPS) is 24.6. The van der Waals surface area contributed by atoms with Crippen LogP contribution in [0.3, 0.4) is 0 Å². The monoisotopic (exact) mass is 397 g/mol. The minimum atomic E-state index is -0.544. The maximum absolute atomic E-state index is 13.2. The van der Waals surface area contributed by atoms with Crippen molar-refractivity contribution in [3.05, 3.63) is 47.8 Å². The lowest BCUT2D eigenvalue weighted by Gasteiger charge is -2.40. The van der Waals surface area contributed by atoms with Crippen LogP contribution in [-0.2, 0) is 9.53 Å². The molecule has 0 radical (unpaired) electrons. The summed E-state index contributed by atoms with van der Waals surface area (Å²) in [7, 11) is 1.70. The summed E-state index contributed by atoms with van der Waals surface area (Å²) in [6, 6.07) is 9.37. The van der Waals surface area contributed by atoms with Crippen molar-refractivity contribution in [1.29, 1.82) is 0 Å². The first kappa shape index (κ1) is 19.4. The predicted molar refractivity (Wildman–Crippen MR) is 109 cm³/mol. The topological polar surface area (TPSA) is 68.7 Å². The van der Waals surface area contributed by atoms with E-state index in [4.69, 9.17) is 9.73 Å². The Morgan fingerprint density at radius 1 is 1.21 bits per heavy atom. The average Bonchev–Trinajstić information content (AvgIpc) is 3.23. The smallest absolute Gasteiger partial charge is 0.328 e. The molecule has 3 unspecified atom stereocenters. The number of carbonyl (C=O) groups excluding carboxylic acids is 2. The van der Waals surface area contributed by atoms with Gasteiger partial charge in [-0.1, -0.05) is 30.3 Å². The summed E-state index contributed by atoms with van der Waals surface area (Å²) in [5.41, 5.74) is 2.18. The summed E-state index contributed by atoms with van der Waals surface area (Å²) >= 11 is 0. The van der Waals surface area contributed by atoms with Gasteiger partial charge in [0.15, 0.2) is 12.2 Å². The number of urea groups is 1. The van der Waals surface area contributed by atoms with Crippen LogP contribution in [-0.4, -0.2) is 76.5 Å². The third kappa shape index (κ3) is 3.07. The first-order chi connectivity index (χ1) is 14.0. The highest BCUT2D eigenvalue weighted by Gasteiger charge is 2.54. The summed E-state index contributed by atoms with van der Waals surface area (Å²) in [6.07, 6.45) is 1.44. The number of allylic oxidation sites excluding steroid dienone is 1. The Bertz CT molecular complexity index is 868. The van der Waals surface area contributed by atoms with Crippen LogP contribution < -0.4 is 0 Å². The highest BCUT2D eigenvalue weighted by molar-refractivity contribution is 6.04. The van der Waals surface area contributed by atoms with Gasteiger partial charge in [-0.25, -0.2) is 9.79 Å². The minimum Gasteiger partial charge on any atom is -0.380 e. The highest BCUT2D eigenvalue weighted by atomic mass is 16.5. The molecule has 3 aliphatic rings. The van der Waals surface area contributed by atoms with Gasteiger partial charge in [-0.3, -0.25) is 9.69 Å². The van der Waals surface area contributed by atoms with Gasteiger partial charge < -0.3 is 19.4 Å². The zero-order chi connectivity index (χ0) is 20.7. The molecule has 0 N–H and O–H groups in total. The number of aliphatic imine (C=N–C) groups is 1. The molecule has 8 nitrogen and oxygen atoms in total. The summed E-state index contributed by atoms with van der Waals surface area (Å²) < 4.78 is 5.35. The minimum absolute atomic E-state index is 0.0570. The van der Waals surface area contributed by atoms with E-state index >= 15 is 0 Å². The van der Waals surface area contributed by atoms with Crippen molar-refractivity contribution < 1.29 is 14.3 Å². The van der Waals surface area contributed by atoms with Crippen LogP contribution in [0.1, 0.15) is 32.4 Å². The molecule has 154 valence electrons. The van der Waals surface area contributed by atoms with Crippen LogP contribution in [0.4, 0.5) is 4.79 Å². The van der Waals surface area contributed by atoms with E-state index in [0.717, 1.165) is 11.3 Å². The summed E-state index contributed by atoms with van der Waals surface area (Å²) in [6.45, 7) is 7.15. The second kappa shape index (κ2) is 7.51. The van der Waals surface area contributed by atoms with Crippen molar-refractivity contribution in [2.75, 3.05) is 26.8 Å². The van der Waals surface area contributed by atoms with Gasteiger partial charge in [0.25, 0.3) is 5.91 Å². The third-order valence-electron chi connectivity index (χ3n) is 5.76. The Morgan fingerprint density at radius 3 is 2.62 bits per heavy atom. The lowest BCUT2D eigenvalue weighted by Crippen LogP contribution is -2.64. The van der Waals surface area contributed by atoms with Crippen LogP contribution in [0, 0.1) is 0 Å². The molecule has 1 aromatic carbocycles. The number of rotatable bonds is 6. The van der Waals surface area contributed by atoms with Gasteiger partial charge in [0.2, 0.25) is 5.96 Å². The van der Waals surface area contributed by atoms with Gasteiger partial charge in [-0.2, -0.15) is 0 Å². The Balaban J connectivity index is 1.62. The summed E-state index contributed by atoms with van der Waals surface area (Å²) in [5, 5.41) is 0. The van der Waals surface area contributed by atoms with E-state index in [0.29, 0.717) is 19.2 Å². The summed E-state index contributed by atoms with van der Waals surface area (Å²) in [5.74, 6) is 0.489. The molecule has 8 heteroatoms. The van der Waals surface area contributed by atoms with Crippen molar-refractivity contribution in [2.45, 2.75) is 39.0 Å². The summed E-state index contributed by atoms with van der Waals surface area (Å²) in [4.78, 5) is 37.6. The van der Waals surface area contributed by atoms with Crippen molar-refractivity contribution in [3.63, 3.8) is 0 Å². The Kier molecular flexibility index (Phi) is 5.04. The van der Waals surface area contributed by atoms with Crippen molar-refractivity contribution >= 4 is 17.9 Å². The molecule has 0 aliphatic carbocycles. The number of imide groups is 1. The predicted octanol–water partition coefficient (Wildman–Crippen LogP) is 2.22. The molecule has 1 aromatic rings. The van der Waals surface area contributed by atoms with Gasteiger partial charge in [0.1, 0.15) is 0 Å². The molecular weight excluding hydrogens is 370 g/mol. The van der Waals surface area contributed by atoms with Crippen LogP contribution in [0.5, 0.6) is 0 Å². The van der Waals surface area contributed by atoms with E-state index in [1.165, 1.54) is 4.90 Å². The number of guanidine groups is 1. The Morgan fingerprint density at radius 2 is 1.93 bits per heavy atom. The maximum Gasteiger partial charge on any atom is 0.328 e. The van der Waals surface area contributed by atoms with Gasteiger partial charge >= 0.3 is 6.03 Å². The molecule has 3 aliphatic heterocycles. The molecule has 3 amide bonds. The van der Waals surface area contributed by atoms with Gasteiger partial charge in [-0.05, 0) is 26.3 Å². The third-order valence-corrected chi connectivity index (χ3v) is 5.76. The lowest BCUT2D eigenvalue weighted by molar-refractivity contribution is -0.137. The lowest BCUT2D eigenvalue weighted by atomic mass is 10.1. The molecule has 0 spiro atoms. The number of carbonyl (C=O) groups is 2. The molecule has 4 rings (SSSR count). The first-order valence-corrected chi connectivity index (χ1v) is 10.00. The van der Waals surface area contributed by atoms with E-state index in [1.54, 1.807) is 11.9 Å². The number of nitrogens with zero attached hydrogens (tertiary/aromatic N) is 5. The molecule has 0 aromatic heterocycles. The standard InChI is InChI=1S/C21H27N5O3/c1-5-29-12-11-24-19(27)17-18(23(4)21(24)28)22-20-25(17)13-14(2)26(20)15(3)16-9-7-6-8-10-16/h6-10,13,15,17-18H,5,11-12H2,1-4H3. The molecule has 3 atom stereocenters. The van der Waals surface area contributed by atoms with E-state index in [2.05, 4.69) is 24.0 Å². The van der Waals surface area contributed by atoms with Crippen molar-refractivity contribution in [2.24, 2.45) is 4.99 Å². The van der Waals surface area contributed by atoms with Crippen molar-refractivity contribution in [3.8, 4) is 0 Å². The molecular formula is C21H27N5O3. The van der Waals surface area contributed by atoms with Gasteiger partial charge in [0, 0.05) is 25.6 Å². The number of benzene rings is 1. The van der Waals surface area contributed by atoms with Crippen LogP contribution in [0.15, 0.2) is 47.2 Å². The van der Waals surface area contributed by atoms with Crippen LogP contribution in [0.25, 0.3) is 0 Å². The zero-order valence-corrected chi connectivity index (χ0v) is 17.3. The average molecular weight is 397 g/mol. The Labute approximate surface area is 171 Å². The van der Waals surface area contributed by atoms with Crippen molar-refractivity contribution in [1.82, 2.24) is 19.6 Å². The molecule has 1 saturated heterocycles. The number of hydrogen-bond acceptors (Lipinski definition) is 6. The van der Waals surface area contributed by atoms with Gasteiger partial charge in [-0.15, -0.1) is 0 Å². The molecule has 0 bridgehead atoms. The Hall–Kier alpha value is -2.87. The number of hydrogen-bond donors (Lipinski definition) is 0. The maximum atomic E-state index is 13.2. The molecule has 29 heavy (non-hydrogen) atoms. The fourth-order valence-electron chi connectivity index (χ4n) is 4.24.